The normalized spacial score (nSPS) is 32.7. The third-order valence-electron chi connectivity index (χ3n) is 8.72. The van der Waals surface area contributed by atoms with Crippen LogP contribution in [-0.2, 0) is 14.8 Å². The third-order valence-corrected chi connectivity index (χ3v) is 10.9. The zero-order chi connectivity index (χ0) is 23.4. The standard InChI is InChI=1S/C27H31ClN2O3S/c28-22-5-9-24(10-6-22)34(32,33)30-11-1-2-25(30)27(31)29-23-7-3-19(4-8-23)26-20-13-17-12-18(15-20)16-21(26)14-17/h3-10,17-18,20-21,25-26H,1-2,11-16H2,(H,29,31)/t17?,18?,20?,21?,25-,26?/m0/s1. The van der Waals surface area contributed by atoms with Crippen LogP contribution in [0.3, 0.4) is 0 Å². The Morgan fingerprint density at radius 1 is 0.882 bits per heavy atom. The van der Waals surface area contributed by atoms with Crippen LogP contribution < -0.4 is 5.32 Å². The van der Waals surface area contributed by atoms with Gasteiger partial charge in [-0.2, -0.15) is 4.31 Å². The molecule has 1 aliphatic heterocycles. The van der Waals surface area contributed by atoms with Gasteiger partial charge in [-0.3, -0.25) is 4.79 Å². The number of sulfonamides is 1. The van der Waals surface area contributed by atoms with Gasteiger partial charge in [-0.15, -0.1) is 0 Å². The molecule has 34 heavy (non-hydrogen) atoms. The highest BCUT2D eigenvalue weighted by Gasteiger charge is 2.48. The van der Waals surface area contributed by atoms with E-state index in [1.807, 2.05) is 12.1 Å². The molecule has 180 valence electrons. The van der Waals surface area contributed by atoms with Crippen molar-refractivity contribution >= 4 is 33.2 Å². The SMILES string of the molecule is O=C(Nc1ccc(C2C3CC4CC(C3)CC2C4)cc1)[C@@H]1CCCN1S(=O)(=O)c1ccc(Cl)cc1. The summed E-state index contributed by atoms with van der Waals surface area (Å²) in [6, 6.07) is 13.7. The summed E-state index contributed by atoms with van der Waals surface area (Å²) in [7, 11) is -3.76. The van der Waals surface area contributed by atoms with Crippen molar-refractivity contribution in [1.29, 1.82) is 0 Å². The number of amides is 1. The van der Waals surface area contributed by atoms with Gasteiger partial charge in [0.15, 0.2) is 0 Å². The largest absolute Gasteiger partial charge is 0.325 e. The number of benzene rings is 2. The van der Waals surface area contributed by atoms with Crippen LogP contribution in [0.5, 0.6) is 0 Å². The van der Waals surface area contributed by atoms with Crippen molar-refractivity contribution in [3.05, 3.63) is 59.1 Å². The number of rotatable bonds is 5. The molecule has 2 aromatic carbocycles. The maximum Gasteiger partial charge on any atom is 0.243 e. The lowest BCUT2D eigenvalue weighted by Gasteiger charge is -2.54. The maximum absolute atomic E-state index is 13.2. The molecule has 4 aliphatic carbocycles. The van der Waals surface area contributed by atoms with Gasteiger partial charge in [0.1, 0.15) is 6.04 Å². The van der Waals surface area contributed by atoms with Crippen molar-refractivity contribution in [1.82, 2.24) is 4.31 Å². The van der Waals surface area contributed by atoms with E-state index in [2.05, 4.69) is 17.4 Å². The van der Waals surface area contributed by atoms with Crippen LogP contribution in [-0.4, -0.2) is 31.2 Å². The molecule has 1 amide bonds. The van der Waals surface area contributed by atoms with Crippen LogP contribution in [0.15, 0.2) is 53.4 Å². The lowest BCUT2D eigenvalue weighted by molar-refractivity contribution is -0.119. The first-order valence-corrected chi connectivity index (χ1v) is 14.4. The summed E-state index contributed by atoms with van der Waals surface area (Å²) in [5, 5.41) is 3.45. The molecular formula is C27H31ClN2O3S. The van der Waals surface area contributed by atoms with Gasteiger partial charge in [0, 0.05) is 17.3 Å². The van der Waals surface area contributed by atoms with Crippen LogP contribution in [0.1, 0.15) is 56.4 Å². The Kier molecular flexibility index (Phi) is 5.74. The molecule has 5 aliphatic rings. The van der Waals surface area contributed by atoms with E-state index in [0.717, 1.165) is 29.4 Å². The average molecular weight is 499 g/mol. The van der Waals surface area contributed by atoms with Crippen molar-refractivity contribution in [2.75, 3.05) is 11.9 Å². The molecule has 0 radical (unpaired) electrons. The van der Waals surface area contributed by atoms with E-state index >= 15 is 0 Å². The van der Waals surface area contributed by atoms with E-state index in [0.29, 0.717) is 30.3 Å². The zero-order valence-electron chi connectivity index (χ0n) is 19.2. The molecule has 4 saturated carbocycles. The van der Waals surface area contributed by atoms with Crippen LogP contribution >= 0.6 is 11.6 Å². The summed E-state index contributed by atoms with van der Waals surface area (Å²) in [4.78, 5) is 13.3. The molecule has 1 N–H and O–H groups in total. The molecule has 7 heteroatoms. The monoisotopic (exact) mass is 498 g/mol. The van der Waals surface area contributed by atoms with Gasteiger partial charge in [-0.05, 0) is 116 Å². The summed E-state index contributed by atoms with van der Waals surface area (Å²) in [5.74, 6) is 3.94. The van der Waals surface area contributed by atoms with Gasteiger partial charge in [0.2, 0.25) is 15.9 Å². The molecule has 4 bridgehead atoms. The number of nitrogens with one attached hydrogen (secondary N) is 1. The van der Waals surface area contributed by atoms with Crippen LogP contribution in [0.2, 0.25) is 5.02 Å². The van der Waals surface area contributed by atoms with Crippen LogP contribution in [0, 0.1) is 23.7 Å². The number of carbonyl (C=O) groups is 1. The molecule has 2 aromatic rings. The van der Waals surface area contributed by atoms with E-state index in [1.165, 1.54) is 54.1 Å². The van der Waals surface area contributed by atoms with Gasteiger partial charge in [-0.1, -0.05) is 23.7 Å². The first kappa shape index (κ1) is 22.6. The highest BCUT2D eigenvalue weighted by Crippen LogP contribution is 2.59. The first-order chi connectivity index (χ1) is 16.4. The molecule has 1 heterocycles. The Hall–Kier alpha value is -1.89. The fourth-order valence-corrected chi connectivity index (χ4v) is 9.30. The minimum Gasteiger partial charge on any atom is -0.325 e. The van der Waals surface area contributed by atoms with E-state index < -0.39 is 16.1 Å². The van der Waals surface area contributed by atoms with Crippen molar-refractivity contribution in [3.63, 3.8) is 0 Å². The molecule has 5 fully saturated rings. The number of anilines is 1. The molecule has 0 aromatic heterocycles. The highest BCUT2D eigenvalue weighted by atomic mass is 35.5. The third kappa shape index (κ3) is 3.98. The van der Waals surface area contributed by atoms with E-state index in [1.54, 1.807) is 12.1 Å². The fourth-order valence-electron chi connectivity index (χ4n) is 7.52. The summed E-state index contributed by atoms with van der Waals surface area (Å²) in [5.41, 5.74) is 2.13. The Morgan fingerprint density at radius 2 is 1.50 bits per heavy atom. The van der Waals surface area contributed by atoms with Gasteiger partial charge in [0.25, 0.3) is 0 Å². The number of hydrogen-bond acceptors (Lipinski definition) is 3. The van der Waals surface area contributed by atoms with Crippen molar-refractivity contribution in [2.45, 2.75) is 61.8 Å². The van der Waals surface area contributed by atoms with E-state index in [4.69, 9.17) is 11.6 Å². The highest BCUT2D eigenvalue weighted by molar-refractivity contribution is 7.89. The topological polar surface area (TPSA) is 66.5 Å². The fraction of sp³-hybridized carbons (Fsp3) is 0.519. The lowest BCUT2D eigenvalue weighted by atomic mass is 9.51. The number of carbonyl (C=O) groups excluding carboxylic acids is 1. The molecular weight excluding hydrogens is 468 g/mol. The molecule has 1 atom stereocenters. The zero-order valence-corrected chi connectivity index (χ0v) is 20.8. The Morgan fingerprint density at radius 3 is 2.12 bits per heavy atom. The molecule has 1 saturated heterocycles. The van der Waals surface area contributed by atoms with Crippen LogP contribution in [0.25, 0.3) is 0 Å². The van der Waals surface area contributed by atoms with E-state index in [9.17, 15) is 13.2 Å². The molecule has 0 spiro atoms. The number of nitrogens with zero attached hydrogens (tertiary/aromatic N) is 1. The maximum atomic E-state index is 13.2. The van der Waals surface area contributed by atoms with Gasteiger partial charge < -0.3 is 5.32 Å². The van der Waals surface area contributed by atoms with Gasteiger partial charge in [0.05, 0.1) is 4.90 Å². The van der Waals surface area contributed by atoms with Crippen molar-refractivity contribution < 1.29 is 13.2 Å². The number of hydrogen-bond donors (Lipinski definition) is 1. The first-order valence-electron chi connectivity index (χ1n) is 12.6. The van der Waals surface area contributed by atoms with Crippen molar-refractivity contribution in [2.24, 2.45) is 23.7 Å². The summed E-state index contributed by atoms with van der Waals surface area (Å²) in [6.45, 7) is 0.342. The summed E-state index contributed by atoms with van der Waals surface area (Å²) < 4.78 is 27.6. The van der Waals surface area contributed by atoms with Gasteiger partial charge >= 0.3 is 0 Å². The minimum atomic E-state index is -3.76. The summed E-state index contributed by atoms with van der Waals surface area (Å²) >= 11 is 5.91. The number of halogens is 1. The second-order valence-corrected chi connectivity index (χ2v) is 13.1. The smallest absolute Gasteiger partial charge is 0.243 e. The van der Waals surface area contributed by atoms with Crippen LogP contribution in [0.4, 0.5) is 5.69 Å². The summed E-state index contributed by atoms with van der Waals surface area (Å²) in [6.07, 6.45) is 8.18. The second kappa shape index (κ2) is 8.65. The second-order valence-electron chi connectivity index (χ2n) is 10.8. The molecule has 5 nitrogen and oxygen atoms in total. The Balaban J connectivity index is 1.15. The predicted molar refractivity (Wildman–Crippen MR) is 133 cm³/mol. The van der Waals surface area contributed by atoms with Gasteiger partial charge in [-0.25, -0.2) is 8.42 Å². The predicted octanol–water partition coefficient (Wildman–Crippen LogP) is 5.67. The average Bonchev–Trinajstić information content (AvgIpc) is 3.31. The lowest BCUT2D eigenvalue weighted by Crippen LogP contribution is -2.43. The van der Waals surface area contributed by atoms with E-state index in [-0.39, 0.29) is 10.8 Å². The molecule has 7 rings (SSSR count). The minimum absolute atomic E-state index is 0.164. The van der Waals surface area contributed by atoms with Crippen molar-refractivity contribution in [3.8, 4) is 0 Å². The Bertz CT molecular complexity index is 1150. The quantitative estimate of drug-likeness (QED) is 0.577. The Labute approximate surface area is 206 Å². The molecule has 0 unspecified atom stereocenters.